The second-order valence-corrected chi connectivity index (χ2v) is 5.61. The van der Waals surface area contributed by atoms with Crippen molar-refractivity contribution in [1.29, 1.82) is 0 Å². The van der Waals surface area contributed by atoms with Gasteiger partial charge in [-0.2, -0.15) is 5.10 Å². The second kappa shape index (κ2) is 6.47. The molecule has 0 fully saturated rings. The summed E-state index contributed by atoms with van der Waals surface area (Å²) in [5, 5.41) is 27.6. The first kappa shape index (κ1) is 18.0. The normalized spacial score (nSPS) is 11.6. The number of alkyl halides is 3. The Kier molecular flexibility index (Phi) is 4.47. The highest BCUT2D eigenvalue weighted by Crippen LogP contribution is 2.35. The lowest BCUT2D eigenvalue weighted by Crippen LogP contribution is -2.30. The van der Waals surface area contributed by atoms with Gasteiger partial charge in [0.25, 0.3) is 0 Å². The fourth-order valence-electron chi connectivity index (χ4n) is 2.62. The summed E-state index contributed by atoms with van der Waals surface area (Å²) in [7, 11) is -1.84. The SMILES string of the molecule is Cc1nnc(N)c2ccc(-c3cc(B(O)O)ccc3OC(F)(F)F)cc12. The number of aryl methyl sites for hydroxylation is 1. The van der Waals surface area contributed by atoms with E-state index >= 15 is 0 Å². The number of fused-ring (bicyclic) bond motifs is 1. The van der Waals surface area contributed by atoms with Crippen molar-refractivity contribution in [3.8, 4) is 16.9 Å². The minimum absolute atomic E-state index is 0.0266. The summed E-state index contributed by atoms with van der Waals surface area (Å²) in [5.41, 5.74) is 6.77. The van der Waals surface area contributed by atoms with Crippen LogP contribution in [0.1, 0.15) is 5.69 Å². The van der Waals surface area contributed by atoms with Gasteiger partial charge in [-0.1, -0.05) is 18.2 Å². The summed E-state index contributed by atoms with van der Waals surface area (Å²) >= 11 is 0. The number of ether oxygens (including phenoxy) is 1. The molecule has 0 aliphatic carbocycles. The van der Waals surface area contributed by atoms with Gasteiger partial charge in [0.15, 0.2) is 5.82 Å². The lowest BCUT2D eigenvalue weighted by molar-refractivity contribution is -0.274. The van der Waals surface area contributed by atoms with Gasteiger partial charge in [-0.15, -0.1) is 18.3 Å². The van der Waals surface area contributed by atoms with Gasteiger partial charge >= 0.3 is 13.5 Å². The highest BCUT2D eigenvalue weighted by atomic mass is 19.4. The molecule has 10 heteroatoms. The van der Waals surface area contributed by atoms with E-state index in [-0.39, 0.29) is 16.8 Å². The summed E-state index contributed by atoms with van der Waals surface area (Å²) in [6.07, 6.45) is -4.89. The molecule has 1 heterocycles. The quantitative estimate of drug-likeness (QED) is 0.613. The number of nitrogens with two attached hydrogens (primary N) is 1. The van der Waals surface area contributed by atoms with Gasteiger partial charge in [-0.3, -0.25) is 0 Å². The van der Waals surface area contributed by atoms with Crippen LogP contribution in [-0.2, 0) is 0 Å². The van der Waals surface area contributed by atoms with Crippen molar-refractivity contribution in [2.24, 2.45) is 0 Å². The van der Waals surface area contributed by atoms with Crippen molar-refractivity contribution in [2.75, 3.05) is 5.73 Å². The summed E-state index contributed by atoms with van der Waals surface area (Å²) in [4.78, 5) is 0. The molecule has 26 heavy (non-hydrogen) atoms. The van der Waals surface area contributed by atoms with E-state index in [0.717, 1.165) is 12.1 Å². The minimum Gasteiger partial charge on any atom is -0.423 e. The average molecular weight is 363 g/mol. The third kappa shape index (κ3) is 3.56. The molecule has 1 aromatic heterocycles. The molecule has 0 saturated heterocycles. The Morgan fingerprint density at radius 3 is 2.42 bits per heavy atom. The summed E-state index contributed by atoms with van der Waals surface area (Å²) in [5.74, 6) is -0.266. The Labute approximate surface area is 146 Å². The molecule has 0 spiro atoms. The fourth-order valence-corrected chi connectivity index (χ4v) is 2.62. The molecule has 0 bridgehead atoms. The Morgan fingerprint density at radius 2 is 1.77 bits per heavy atom. The largest absolute Gasteiger partial charge is 0.573 e. The lowest BCUT2D eigenvalue weighted by atomic mass is 9.79. The van der Waals surface area contributed by atoms with Crippen LogP contribution >= 0.6 is 0 Å². The van der Waals surface area contributed by atoms with Crippen molar-refractivity contribution in [1.82, 2.24) is 10.2 Å². The topological polar surface area (TPSA) is 101 Å². The summed E-state index contributed by atoms with van der Waals surface area (Å²) in [6.45, 7) is 1.69. The van der Waals surface area contributed by atoms with Gasteiger partial charge in [0.1, 0.15) is 5.75 Å². The number of nitrogen functional groups attached to an aromatic ring is 1. The molecule has 4 N–H and O–H groups in total. The van der Waals surface area contributed by atoms with E-state index in [4.69, 9.17) is 5.73 Å². The lowest BCUT2D eigenvalue weighted by Gasteiger charge is -2.15. The van der Waals surface area contributed by atoms with E-state index in [2.05, 4.69) is 14.9 Å². The van der Waals surface area contributed by atoms with Crippen LogP contribution in [0.15, 0.2) is 36.4 Å². The van der Waals surface area contributed by atoms with Crippen molar-refractivity contribution >= 4 is 29.2 Å². The maximum absolute atomic E-state index is 12.7. The highest BCUT2D eigenvalue weighted by Gasteiger charge is 2.32. The maximum Gasteiger partial charge on any atom is 0.573 e. The third-order valence-corrected chi connectivity index (χ3v) is 3.83. The molecule has 134 valence electrons. The van der Waals surface area contributed by atoms with Crippen LogP contribution < -0.4 is 15.9 Å². The first-order chi connectivity index (χ1) is 12.2. The highest BCUT2D eigenvalue weighted by molar-refractivity contribution is 6.58. The zero-order valence-corrected chi connectivity index (χ0v) is 13.4. The van der Waals surface area contributed by atoms with Crippen LogP contribution in [0.2, 0.25) is 0 Å². The minimum atomic E-state index is -4.89. The standard InChI is InChI=1S/C16H13BF3N3O3/c1-8-12-6-9(2-4-11(12)15(21)23-22-8)13-7-10(17(24)25)3-5-14(13)26-16(18,19)20/h2-7,24-25H,1H3,(H2,21,23). The molecule has 0 saturated carbocycles. The number of nitrogens with zero attached hydrogens (tertiary/aromatic N) is 2. The van der Waals surface area contributed by atoms with Crippen LogP contribution in [0.3, 0.4) is 0 Å². The predicted octanol–water partition coefficient (Wildman–Crippen LogP) is 1.77. The van der Waals surface area contributed by atoms with Gasteiger partial charge in [0.2, 0.25) is 0 Å². The van der Waals surface area contributed by atoms with E-state index in [0.29, 0.717) is 22.0 Å². The number of hydrogen-bond donors (Lipinski definition) is 3. The molecule has 6 nitrogen and oxygen atoms in total. The first-order valence-electron chi connectivity index (χ1n) is 7.44. The molecular weight excluding hydrogens is 350 g/mol. The van der Waals surface area contributed by atoms with Crippen LogP contribution in [-0.4, -0.2) is 33.7 Å². The van der Waals surface area contributed by atoms with Gasteiger partial charge in [-0.05, 0) is 36.1 Å². The number of halogens is 3. The molecule has 0 aliphatic heterocycles. The summed E-state index contributed by atoms with van der Waals surface area (Å²) in [6, 6.07) is 8.16. The van der Waals surface area contributed by atoms with Crippen molar-refractivity contribution in [2.45, 2.75) is 13.3 Å². The fraction of sp³-hybridized carbons (Fsp3) is 0.125. The average Bonchev–Trinajstić information content (AvgIpc) is 2.57. The van der Waals surface area contributed by atoms with Crippen molar-refractivity contribution < 1.29 is 28.0 Å². The zero-order valence-electron chi connectivity index (χ0n) is 13.4. The number of hydrogen-bond acceptors (Lipinski definition) is 6. The maximum atomic E-state index is 12.7. The molecule has 0 amide bonds. The molecular formula is C16H13BF3N3O3. The van der Waals surface area contributed by atoms with Crippen molar-refractivity contribution in [3.05, 3.63) is 42.1 Å². The van der Waals surface area contributed by atoms with Crippen LogP contribution in [0, 0.1) is 6.92 Å². The van der Waals surface area contributed by atoms with E-state index < -0.39 is 19.2 Å². The first-order valence-corrected chi connectivity index (χ1v) is 7.44. The van der Waals surface area contributed by atoms with Crippen LogP contribution in [0.5, 0.6) is 5.75 Å². The number of anilines is 1. The second-order valence-electron chi connectivity index (χ2n) is 5.61. The van der Waals surface area contributed by atoms with E-state index in [1.807, 2.05) is 0 Å². The van der Waals surface area contributed by atoms with Gasteiger partial charge in [0, 0.05) is 16.3 Å². The van der Waals surface area contributed by atoms with Gasteiger partial charge in [-0.25, -0.2) is 0 Å². The van der Waals surface area contributed by atoms with E-state index in [9.17, 15) is 23.2 Å². The number of rotatable bonds is 3. The summed E-state index contributed by atoms with van der Waals surface area (Å²) < 4.78 is 42.2. The van der Waals surface area contributed by atoms with Crippen LogP contribution in [0.4, 0.5) is 19.0 Å². The molecule has 0 unspecified atom stereocenters. The van der Waals surface area contributed by atoms with Gasteiger partial charge in [0.05, 0.1) is 5.69 Å². The predicted molar refractivity (Wildman–Crippen MR) is 90.6 cm³/mol. The molecule has 3 rings (SSSR count). The smallest absolute Gasteiger partial charge is 0.423 e. The Bertz CT molecular complexity index is 980. The number of aromatic nitrogens is 2. The van der Waals surface area contributed by atoms with Gasteiger partial charge < -0.3 is 20.5 Å². The van der Waals surface area contributed by atoms with E-state index in [1.165, 1.54) is 6.07 Å². The third-order valence-electron chi connectivity index (χ3n) is 3.83. The Balaban J connectivity index is 2.22. The monoisotopic (exact) mass is 363 g/mol. The Hall–Kier alpha value is -2.85. The zero-order chi connectivity index (χ0) is 19.1. The molecule has 3 aromatic rings. The Morgan fingerprint density at radius 1 is 1.04 bits per heavy atom. The number of benzene rings is 2. The van der Waals surface area contributed by atoms with Crippen LogP contribution in [0.25, 0.3) is 21.9 Å². The molecule has 2 aromatic carbocycles. The molecule has 0 atom stereocenters. The molecule has 0 radical (unpaired) electrons. The van der Waals surface area contributed by atoms with Crippen molar-refractivity contribution in [3.63, 3.8) is 0 Å². The molecule has 0 aliphatic rings. The van der Waals surface area contributed by atoms with E-state index in [1.54, 1.807) is 25.1 Å².